The van der Waals surface area contributed by atoms with E-state index in [4.69, 9.17) is 19.9 Å². The highest BCUT2D eigenvalue weighted by atomic mass is 16.9. The normalized spacial score (nSPS) is 10.6. The molecule has 0 atom stereocenters. The molecular weight excluding hydrogens is 222 g/mol. The maximum Gasteiger partial charge on any atom is 0.101 e. The van der Waals surface area contributed by atoms with E-state index in [1.54, 1.807) is 0 Å². The Morgan fingerprint density at radius 3 is 1.82 bits per heavy atom. The van der Waals surface area contributed by atoms with Gasteiger partial charge in [-0.05, 0) is 37.1 Å². The Kier molecular flexibility index (Phi) is 5.93. The van der Waals surface area contributed by atoms with Crippen LogP contribution in [0.15, 0.2) is 18.2 Å². The van der Waals surface area contributed by atoms with E-state index in [2.05, 4.69) is 0 Å². The van der Waals surface area contributed by atoms with Gasteiger partial charge in [0.1, 0.15) is 13.2 Å². The zero-order valence-electron chi connectivity index (χ0n) is 10.2. The first-order valence-corrected chi connectivity index (χ1v) is 5.53. The highest BCUT2D eigenvalue weighted by Crippen LogP contribution is 2.19. The third-order valence-electron chi connectivity index (χ3n) is 2.02. The molecule has 0 radical (unpaired) electrons. The van der Waals surface area contributed by atoms with Gasteiger partial charge in [0.25, 0.3) is 0 Å². The van der Waals surface area contributed by atoms with Crippen LogP contribution in [0, 0.1) is 13.8 Å². The number of aliphatic hydroxyl groups is 2. The van der Waals surface area contributed by atoms with Gasteiger partial charge in [-0.3, -0.25) is 0 Å². The predicted molar refractivity (Wildman–Crippen MR) is 64.5 cm³/mol. The van der Waals surface area contributed by atoms with Gasteiger partial charge in [0, 0.05) is 0 Å². The summed E-state index contributed by atoms with van der Waals surface area (Å²) in [7, 11) is 0. The summed E-state index contributed by atoms with van der Waals surface area (Å²) in [5.74, 6) is 0. The first kappa shape index (κ1) is 13.9. The van der Waals surface area contributed by atoms with Crippen LogP contribution in [0.3, 0.4) is 0 Å². The molecule has 1 aromatic rings. The lowest BCUT2D eigenvalue weighted by Gasteiger charge is -2.22. The molecule has 2 N–H and O–H groups in total. The SMILES string of the molecule is Cc1cc(C)cc(N(OCCO)OCCO)c1. The van der Waals surface area contributed by atoms with Crippen LogP contribution >= 0.6 is 0 Å². The van der Waals surface area contributed by atoms with E-state index in [0.29, 0.717) is 0 Å². The van der Waals surface area contributed by atoms with Crippen molar-refractivity contribution in [3.63, 3.8) is 0 Å². The Morgan fingerprint density at radius 1 is 0.941 bits per heavy atom. The molecule has 0 bridgehead atoms. The number of aliphatic hydroxyl groups excluding tert-OH is 2. The summed E-state index contributed by atoms with van der Waals surface area (Å²) in [5, 5.41) is 18.7. The van der Waals surface area contributed by atoms with Crippen LogP contribution in [0.2, 0.25) is 0 Å². The number of hydrogen-bond donors (Lipinski definition) is 2. The molecule has 0 aliphatic heterocycles. The van der Waals surface area contributed by atoms with Crippen LogP contribution < -0.4 is 5.23 Å². The number of nitrogens with zero attached hydrogens (tertiary/aromatic N) is 1. The van der Waals surface area contributed by atoms with Crippen molar-refractivity contribution in [3.8, 4) is 0 Å². The van der Waals surface area contributed by atoms with Crippen molar-refractivity contribution in [3.05, 3.63) is 29.3 Å². The fourth-order valence-corrected chi connectivity index (χ4v) is 1.49. The summed E-state index contributed by atoms with van der Waals surface area (Å²) in [5.41, 5.74) is 2.92. The molecule has 0 fully saturated rings. The Labute approximate surface area is 101 Å². The minimum absolute atomic E-state index is 0.0935. The molecule has 5 nitrogen and oxygen atoms in total. The molecule has 0 saturated heterocycles. The van der Waals surface area contributed by atoms with Crippen molar-refractivity contribution in [2.45, 2.75) is 13.8 Å². The van der Waals surface area contributed by atoms with E-state index in [0.717, 1.165) is 16.8 Å². The van der Waals surface area contributed by atoms with E-state index in [9.17, 15) is 0 Å². The molecule has 0 aliphatic rings. The van der Waals surface area contributed by atoms with E-state index in [1.807, 2.05) is 32.0 Å². The van der Waals surface area contributed by atoms with Crippen molar-refractivity contribution in [2.24, 2.45) is 0 Å². The summed E-state index contributed by atoms with van der Waals surface area (Å²) in [6.45, 7) is 4.05. The predicted octanol–water partition coefficient (Wildman–Crippen LogP) is 0.958. The average molecular weight is 241 g/mol. The molecule has 0 spiro atoms. The molecule has 5 heteroatoms. The Bertz CT molecular complexity index is 315. The molecule has 0 aliphatic carbocycles. The van der Waals surface area contributed by atoms with Crippen LogP contribution in [0.5, 0.6) is 0 Å². The number of aryl methyl sites for hydroxylation is 2. The van der Waals surface area contributed by atoms with Crippen molar-refractivity contribution in [1.82, 2.24) is 0 Å². The van der Waals surface area contributed by atoms with Crippen molar-refractivity contribution >= 4 is 5.69 Å². The standard InChI is InChI=1S/C12H19NO4/c1-10-7-11(2)9-12(8-10)13(16-5-3-14)17-6-4-15/h7-9,14-15H,3-6H2,1-2H3. The summed E-state index contributed by atoms with van der Waals surface area (Å²) in [6.07, 6.45) is 0. The first-order chi connectivity index (χ1) is 8.17. The summed E-state index contributed by atoms with van der Waals surface area (Å²) in [6, 6.07) is 5.85. The van der Waals surface area contributed by atoms with Gasteiger partial charge in [-0.15, -0.1) is 5.23 Å². The molecule has 0 aromatic heterocycles. The van der Waals surface area contributed by atoms with Crippen LogP contribution in [0.4, 0.5) is 5.69 Å². The summed E-state index contributed by atoms with van der Waals surface area (Å²) in [4.78, 5) is 10.5. The zero-order valence-corrected chi connectivity index (χ0v) is 10.2. The van der Waals surface area contributed by atoms with E-state index >= 15 is 0 Å². The molecule has 96 valence electrons. The Hall–Kier alpha value is -1.14. The lowest BCUT2D eigenvalue weighted by Crippen LogP contribution is -2.27. The van der Waals surface area contributed by atoms with Crippen LogP contribution in [0.25, 0.3) is 0 Å². The monoisotopic (exact) mass is 241 g/mol. The van der Waals surface area contributed by atoms with Crippen LogP contribution in [0.1, 0.15) is 11.1 Å². The fourth-order valence-electron chi connectivity index (χ4n) is 1.49. The fraction of sp³-hybridized carbons (Fsp3) is 0.500. The highest BCUT2D eigenvalue weighted by molar-refractivity contribution is 5.47. The van der Waals surface area contributed by atoms with Crippen LogP contribution in [-0.2, 0) is 9.68 Å². The van der Waals surface area contributed by atoms with Gasteiger partial charge in [0.2, 0.25) is 0 Å². The average Bonchev–Trinajstić information content (AvgIpc) is 2.28. The van der Waals surface area contributed by atoms with Gasteiger partial charge in [-0.1, -0.05) is 6.07 Å². The maximum atomic E-state index is 8.74. The largest absolute Gasteiger partial charge is 0.394 e. The number of hydrogen-bond acceptors (Lipinski definition) is 5. The molecule has 17 heavy (non-hydrogen) atoms. The smallest absolute Gasteiger partial charge is 0.101 e. The van der Waals surface area contributed by atoms with Crippen LogP contribution in [-0.4, -0.2) is 36.6 Å². The van der Waals surface area contributed by atoms with Crippen molar-refractivity contribution in [1.29, 1.82) is 0 Å². The number of rotatable bonds is 7. The molecule has 0 heterocycles. The van der Waals surface area contributed by atoms with Crippen molar-refractivity contribution < 1.29 is 19.9 Å². The van der Waals surface area contributed by atoms with E-state index in [-0.39, 0.29) is 26.4 Å². The van der Waals surface area contributed by atoms with Gasteiger partial charge in [-0.25, -0.2) is 9.68 Å². The van der Waals surface area contributed by atoms with Gasteiger partial charge in [-0.2, -0.15) is 0 Å². The third-order valence-corrected chi connectivity index (χ3v) is 2.02. The van der Waals surface area contributed by atoms with Gasteiger partial charge >= 0.3 is 0 Å². The van der Waals surface area contributed by atoms with Gasteiger partial charge < -0.3 is 10.2 Å². The third kappa shape index (κ3) is 4.70. The quantitative estimate of drug-likeness (QED) is 0.696. The number of benzene rings is 1. The number of anilines is 1. The lowest BCUT2D eigenvalue weighted by atomic mass is 10.1. The van der Waals surface area contributed by atoms with Gasteiger partial charge in [0.05, 0.1) is 18.9 Å². The molecular formula is C12H19NO4. The maximum absolute atomic E-state index is 8.74. The molecule has 0 amide bonds. The second kappa shape index (κ2) is 7.24. The van der Waals surface area contributed by atoms with E-state index in [1.165, 1.54) is 5.23 Å². The van der Waals surface area contributed by atoms with Gasteiger partial charge in [0.15, 0.2) is 0 Å². The molecule has 1 aromatic carbocycles. The highest BCUT2D eigenvalue weighted by Gasteiger charge is 2.09. The Morgan fingerprint density at radius 2 is 1.41 bits per heavy atom. The molecule has 1 rings (SSSR count). The summed E-state index contributed by atoms with van der Waals surface area (Å²) >= 11 is 0. The zero-order chi connectivity index (χ0) is 12.7. The molecule has 0 saturated carbocycles. The topological polar surface area (TPSA) is 62.2 Å². The Balaban J connectivity index is 2.78. The minimum Gasteiger partial charge on any atom is -0.394 e. The van der Waals surface area contributed by atoms with Crippen molar-refractivity contribution in [2.75, 3.05) is 31.7 Å². The second-order valence-corrected chi connectivity index (χ2v) is 3.72. The lowest BCUT2D eigenvalue weighted by molar-refractivity contribution is -0.103. The molecule has 0 unspecified atom stereocenters. The second-order valence-electron chi connectivity index (χ2n) is 3.72. The minimum atomic E-state index is -0.0935. The first-order valence-electron chi connectivity index (χ1n) is 5.53. The van der Waals surface area contributed by atoms with E-state index < -0.39 is 0 Å². The summed E-state index contributed by atoms with van der Waals surface area (Å²) < 4.78 is 0.